The minimum absolute atomic E-state index is 0.119. The van der Waals surface area contributed by atoms with E-state index in [0.717, 1.165) is 57.9 Å². The summed E-state index contributed by atoms with van der Waals surface area (Å²) in [5.74, 6) is 0.934. The Hall–Kier alpha value is -1.40. The van der Waals surface area contributed by atoms with Gasteiger partial charge in [0.25, 0.3) is 0 Å². The Morgan fingerprint density at radius 3 is 2.63 bits per heavy atom. The maximum absolute atomic E-state index is 4.78. The molecule has 0 atom stereocenters. The first-order valence-electron chi connectivity index (χ1n) is 10.1. The van der Waals surface area contributed by atoms with Gasteiger partial charge in [-0.2, -0.15) is 0 Å². The Balaban J connectivity index is 1.82. The number of guanidine groups is 1. The fourth-order valence-corrected chi connectivity index (χ4v) is 4.18. The summed E-state index contributed by atoms with van der Waals surface area (Å²) >= 11 is 1.75. The van der Waals surface area contributed by atoms with Crippen LogP contribution in [0.5, 0.6) is 0 Å². The summed E-state index contributed by atoms with van der Waals surface area (Å²) in [5, 5.41) is 10.4. The van der Waals surface area contributed by atoms with Gasteiger partial charge in [-0.25, -0.2) is 4.98 Å². The van der Waals surface area contributed by atoms with Crippen molar-refractivity contribution in [2.45, 2.75) is 65.3 Å². The molecular weight excluding hydrogens is 354 g/mol. The molecular formula is C21H37N5S. The van der Waals surface area contributed by atoms with Crippen molar-refractivity contribution in [3.63, 3.8) is 0 Å². The van der Waals surface area contributed by atoms with Crippen LogP contribution in [0.1, 0.15) is 58.2 Å². The van der Waals surface area contributed by atoms with Crippen molar-refractivity contribution in [1.29, 1.82) is 0 Å². The number of aliphatic imine (C=N–C) groups is 1. The molecule has 0 aliphatic carbocycles. The Morgan fingerprint density at radius 1 is 1.37 bits per heavy atom. The number of piperidine rings is 1. The summed E-state index contributed by atoms with van der Waals surface area (Å²) in [6, 6.07) is 0.497. The smallest absolute Gasteiger partial charge is 0.191 e. The van der Waals surface area contributed by atoms with Crippen LogP contribution in [0.25, 0.3) is 0 Å². The fraction of sp³-hybridized carbons (Fsp3) is 0.714. The van der Waals surface area contributed by atoms with Gasteiger partial charge in [-0.1, -0.05) is 32.9 Å². The molecule has 2 heterocycles. The molecule has 2 rings (SSSR count). The highest BCUT2D eigenvalue weighted by atomic mass is 32.1. The van der Waals surface area contributed by atoms with Crippen LogP contribution >= 0.6 is 11.3 Å². The summed E-state index contributed by atoms with van der Waals surface area (Å²) in [7, 11) is 0. The molecule has 0 amide bonds. The van der Waals surface area contributed by atoms with Crippen LogP contribution in [0.3, 0.4) is 0 Å². The highest BCUT2D eigenvalue weighted by molar-refractivity contribution is 7.09. The average molecular weight is 392 g/mol. The number of hydrogen-bond donors (Lipinski definition) is 2. The molecule has 152 valence electrons. The van der Waals surface area contributed by atoms with Crippen LogP contribution in [0, 0.1) is 0 Å². The number of nitrogens with zero attached hydrogens (tertiary/aromatic N) is 3. The second-order valence-corrected chi connectivity index (χ2v) is 9.48. The van der Waals surface area contributed by atoms with Gasteiger partial charge in [0.1, 0.15) is 0 Å². The number of rotatable bonds is 7. The van der Waals surface area contributed by atoms with Gasteiger partial charge in [0, 0.05) is 56.0 Å². The van der Waals surface area contributed by atoms with Crippen LogP contribution in [-0.2, 0) is 11.8 Å². The molecule has 1 aliphatic rings. The van der Waals surface area contributed by atoms with E-state index in [1.807, 2.05) is 0 Å². The predicted molar refractivity (Wildman–Crippen MR) is 118 cm³/mol. The molecule has 0 saturated carbocycles. The van der Waals surface area contributed by atoms with Gasteiger partial charge in [-0.15, -0.1) is 11.3 Å². The first-order chi connectivity index (χ1) is 12.8. The Labute approximate surface area is 169 Å². The van der Waals surface area contributed by atoms with Crippen LogP contribution in [0.15, 0.2) is 22.5 Å². The van der Waals surface area contributed by atoms with Crippen LogP contribution < -0.4 is 10.6 Å². The van der Waals surface area contributed by atoms with E-state index in [2.05, 4.69) is 62.1 Å². The molecule has 0 aromatic carbocycles. The zero-order chi connectivity index (χ0) is 19.9. The van der Waals surface area contributed by atoms with Gasteiger partial charge >= 0.3 is 0 Å². The van der Waals surface area contributed by atoms with E-state index in [4.69, 9.17) is 9.98 Å². The van der Waals surface area contributed by atoms with Crippen LogP contribution in [-0.4, -0.2) is 54.6 Å². The Bertz CT molecular complexity index is 621. The van der Waals surface area contributed by atoms with E-state index in [9.17, 15) is 0 Å². The van der Waals surface area contributed by atoms with Crippen LogP contribution in [0.2, 0.25) is 0 Å². The van der Waals surface area contributed by atoms with E-state index in [1.54, 1.807) is 11.3 Å². The minimum Gasteiger partial charge on any atom is -0.357 e. The van der Waals surface area contributed by atoms with Crippen LogP contribution in [0.4, 0.5) is 0 Å². The molecule has 5 nitrogen and oxygen atoms in total. The lowest BCUT2D eigenvalue weighted by Gasteiger charge is -2.33. The topological polar surface area (TPSA) is 52.5 Å². The maximum Gasteiger partial charge on any atom is 0.191 e. The lowest BCUT2D eigenvalue weighted by molar-refractivity contribution is 0.221. The molecule has 0 unspecified atom stereocenters. The molecule has 2 N–H and O–H groups in total. The SMILES string of the molecule is C=C(C)CN1CCC(NC(=NCCc2nc(C(C)(C)C)cs2)NCC)CC1. The van der Waals surface area contributed by atoms with Crippen molar-refractivity contribution in [3.8, 4) is 0 Å². The Kier molecular flexibility index (Phi) is 8.29. The lowest BCUT2D eigenvalue weighted by Crippen LogP contribution is -2.48. The normalized spacial score (nSPS) is 17.1. The zero-order valence-corrected chi connectivity index (χ0v) is 18.6. The van der Waals surface area contributed by atoms with E-state index in [-0.39, 0.29) is 5.41 Å². The monoisotopic (exact) mass is 391 g/mol. The summed E-state index contributed by atoms with van der Waals surface area (Å²) in [4.78, 5) is 12.0. The molecule has 1 aliphatic heterocycles. The quantitative estimate of drug-likeness (QED) is 0.424. The van der Waals surface area contributed by atoms with Gasteiger partial charge in [-0.3, -0.25) is 9.89 Å². The largest absolute Gasteiger partial charge is 0.357 e. The van der Waals surface area contributed by atoms with Gasteiger partial charge in [-0.05, 0) is 26.7 Å². The second-order valence-electron chi connectivity index (χ2n) is 8.54. The molecule has 0 bridgehead atoms. The molecule has 0 spiro atoms. The molecule has 1 saturated heterocycles. The van der Waals surface area contributed by atoms with E-state index < -0.39 is 0 Å². The fourth-order valence-electron chi connectivity index (χ4n) is 3.16. The average Bonchev–Trinajstić information content (AvgIpc) is 3.05. The van der Waals surface area contributed by atoms with Crippen molar-refractivity contribution < 1.29 is 0 Å². The second kappa shape index (κ2) is 10.2. The summed E-state index contributed by atoms with van der Waals surface area (Å²) in [6.07, 6.45) is 3.20. The van der Waals surface area contributed by atoms with E-state index in [1.165, 1.54) is 16.3 Å². The number of likely N-dealkylation sites (tertiary alicyclic amines) is 1. The predicted octanol–water partition coefficient (Wildman–Crippen LogP) is 3.58. The molecule has 1 aromatic rings. The lowest BCUT2D eigenvalue weighted by atomic mass is 9.93. The van der Waals surface area contributed by atoms with Gasteiger partial charge in [0.2, 0.25) is 0 Å². The standard InChI is InChI=1S/C21H37N5S/c1-7-22-20(24-17-9-12-26(13-10-17)14-16(2)3)23-11-8-19-25-18(15-27-19)21(4,5)6/h15,17H,2,7-14H2,1,3-6H3,(H2,22,23,24). The molecule has 0 radical (unpaired) electrons. The third-order valence-electron chi connectivity index (χ3n) is 4.68. The van der Waals surface area contributed by atoms with E-state index in [0.29, 0.717) is 6.04 Å². The third kappa shape index (κ3) is 7.62. The molecule has 1 fully saturated rings. The first kappa shape index (κ1) is 21.9. The highest BCUT2D eigenvalue weighted by Crippen LogP contribution is 2.24. The Morgan fingerprint density at radius 2 is 2.07 bits per heavy atom. The summed E-state index contributed by atoms with van der Waals surface area (Å²) < 4.78 is 0. The minimum atomic E-state index is 0.119. The van der Waals surface area contributed by atoms with Crippen molar-refractivity contribution in [3.05, 3.63) is 28.2 Å². The third-order valence-corrected chi connectivity index (χ3v) is 5.59. The van der Waals surface area contributed by atoms with Gasteiger partial charge in [0.15, 0.2) is 5.96 Å². The first-order valence-corrected chi connectivity index (χ1v) is 11.0. The molecule has 6 heteroatoms. The summed E-state index contributed by atoms with van der Waals surface area (Å²) in [6.45, 7) is 19.8. The molecule has 1 aromatic heterocycles. The number of nitrogens with one attached hydrogen (secondary N) is 2. The van der Waals surface area contributed by atoms with Crippen molar-refractivity contribution in [2.24, 2.45) is 4.99 Å². The number of hydrogen-bond acceptors (Lipinski definition) is 4. The summed E-state index contributed by atoms with van der Waals surface area (Å²) in [5.41, 5.74) is 2.54. The van der Waals surface area contributed by atoms with Gasteiger partial charge in [0.05, 0.1) is 10.7 Å². The number of thiazole rings is 1. The molecule has 27 heavy (non-hydrogen) atoms. The highest BCUT2D eigenvalue weighted by Gasteiger charge is 2.20. The van der Waals surface area contributed by atoms with E-state index >= 15 is 0 Å². The van der Waals surface area contributed by atoms with Crippen molar-refractivity contribution in [1.82, 2.24) is 20.5 Å². The van der Waals surface area contributed by atoms with Gasteiger partial charge < -0.3 is 10.6 Å². The maximum atomic E-state index is 4.78. The van der Waals surface area contributed by atoms with Crippen molar-refractivity contribution in [2.75, 3.05) is 32.7 Å². The zero-order valence-electron chi connectivity index (χ0n) is 17.8. The van der Waals surface area contributed by atoms with Crippen molar-refractivity contribution >= 4 is 17.3 Å². The number of aromatic nitrogens is 1.